The summed E-state index contributed by atoms with van der Waals surface area (Å²) in [5, 5.41) is 2.66. The molecule has 1 aromatic rings. The van der Waals surface area contributed by atoms with Gasteiger partial charge in [-0.15, -0.1) is 0 Å². The summed E-state index contributed by atoms with van der Waals surface area (Å²) in [4.78, 5) is 26.8. The molecule has 0 atom stereocenters. The second kappa shape index (κ2) is 8.14. The molecule has 0 unspecified atom stereocenters. The number of alkyl carbamates (subject to hydrolysis) is 1. The zero-order valence-corrected chi connectivity index (χ0v) is 13.1. The maximum absolute atomic E-state index is 11.4. The molecule has 0 saturated carbocycles. The van der Waals surface area contributed by atoms with Crippen molar-refractivity contribution < 1.29 is 14.3 Å². The van der Waals surface area contributed by atoms with Gasteiger partial charge < -0.3 is 10.1 Å². The van der Waals surface area contributed by atoms with Crippen molar-refractivity contribution in [1.29, 1.82) is 0 Å². The lowest BCUT2D eigenvalue weighted by Gasteiger charge is -2.19. The summed E-state index contributed by atoms with van der Waals surface area (Å²) in [6, 6.07) is 1.67. The van der Waals surface area contributed by atoms with Crippen molar-refractivity contribution in [2.75, 3.05) is 6.54 Å². The molecule has 0 aliphatic heterocycles. The van der Waals surface area contributed by atoms with Crippen LogP contribution in [0.4, 0.5) is 4.79 Å². The molecule has 2 amide bonds. The minimum Gasteiger partial charge on any atom is -0.444 e. The molecule has 0 aliphatic rings. The molecule has 4 N–H and O–H groups in total. The third-order valence-electron chi connectivity index (χ3n) is 2.44. The van der Waals surface area contributed by atoms with Crippen LogP contribution in [0.3, 0.4) is 0 Å². The van der Waals surface area contributed by atoms with Gasteiger partial charge >= 0.3 is 6.09 Å². The fourth-order valence-electron chi connectivity index (χ4n) is 1.55. The lowest BCUT2D eigenvalue weighted by molar-refractivity contribution is 0.0528. The first-order valence-electron chi connectivity index (χ1n) is 6.91. The van der Waals surface area contributed by atoms with Crippen LogP contribution in [0.2, 0.25) is 0 Å². The molecule has 0 spiro atoms. The van der Waals surface area contributed by atoms with E-state index in [2.05, 4.69) is 15.7 Å². The number of ether oxygens (including phenoxy) is 1. The van der Waals surface area contributed by atoms with Crippen molar-refractivity contribution in [3.63, 3.8) is 0 Å². The zero-order valence-electron chi connectivity index (χ0n) is 13.1. The van der Waals surface area contributed by atoms with Gasteiger partial charge in [-0.1, -0.05) is 12.2 Å². The molecule has 0 saturated heterocycles. The summed E-state index contributed by atoms with van der Waals surface area (Å²) in [6.07, 6.45) is 6.95. The third kappa shape index (κ3) is 6.85. The summed E-state index contributed by atoms with van der Waals surface area (Å²) in [6.45, 7) is 5.89. The van der Waals surface area contributed by atoms with Crippen LogP contribution in [-0.4, -0.2) is 29.1 Å². The van der Waals surface area contributed by atoms with Gasteiger partial charge in [0.15, 0.2) is 0 Å². The van der Waals surface area contributed by atoms with Crippen molar-refractivity contribution in [2.24, 2.45) is 5.84 Å². The Morgan fingerprint density at radius 2 is 2.09 bits per heavy atom. The van der Waals surface area contributed by atoms with Gasteiger partial charge in [0, 0.05) is 18.9 Å². The first-order chi connectivity index (χ1) is 10.3. The molecule has 22 heavy (non-hydrogen) atoms. The number of pyridine rings is 1. The smallest absolute Gasteiger partial charge is 0.407 e. The van der Waals surface area contributed by atoms with Gasteiger partial charge in [-0.25, -0.2) is 10.6 Å². The highest BCUT2D eigenvalue weighted by atomic mass is 16.6. The molecule has 1 aromatic heterocycles. The Bertz CT molecular complexity index is 550. The Balaban J connectivity index is 2.40. The van der Waals surface area contributed by atoms with E-state index in [1.54, 1.807) is 12.3 Å². The average molecular weight is 306 g/mol. The number of carbonyl (C=O) groups excluding carboxylic acids is 2. The van der Waals surface area contributed by atoms with Gasteiger partial charge in [0.25, 0.3) is 5.91 Å². The summed E-state index contributed by atoms with van der Waals surface area (Å²) in [5.41, 5.74) is 2.71. The Morgan fingerprint density at radius 1 is 1.36 bits per heavy atom. The quantitative estimate of drug-likeness (QED) is 0.332. The van der Waals surface area contributed by atoms with Crippen molar-refractivity contribution in [3.8, 4) is 0 Å². The van der Waals surface area contributed by atoms with E-state index in [1.165, 1.54) is 6.20 Å². The van der Waals surface area contributed by atoms with E-state index in [9.17, 15) is 9.59 Å². The number of carbonyl (C=O) groups is 2. The van der Waals surface area contributed by atoms with E-state index in [0.717, 1.165) is 5.56 Å². The minimum absolute atomic E-state index is 0.386. The second-order valence-corrected chi connectivity index (χ2v) is 5.60. The lowest BCUT2D eigenvalue weighted by Crippen LogP contribution is -2.32. The largest absolute Gasteiger partial charge is 0.444 e. The number of hydrazine groups is 1. The molecule has 0 radical (unpaired) electrons. The van der Waals surface area contributed by atoms with Crippen LogP contribution in [0.15, 0.2) is 24.5 Å². The summed E-state index contributed by atoms with van der Waals surface area (Å²) in [7, 11) is 0. The van der Waals surface area contributed by atoms with E-state index in [1.807, 2.05) is 32.9 Å². The van der Waals surface area contributed by atoms with Gasteiger partial charge in [0.1, 0.15) is 5.60 Å². The maximum Gasteiger partial charge on any atom is 0.407 e. The summed E-state index contributed by atoms with van der Waals surface area (Å²) < 4.78 is 5.12. The molecule has 120 valence electrons. The molecular weight excluding hydrogens is 284 g/mol. The van der Waals surface area contributed by atoms with Gasteiger partial charge in [0.2, 0.25) is 0 Å². The highest BCUT2D eigenvalue weighted by Gasteiger charge is 2.15. The van der Waals surface area contributed by atoms with Gasteiger partial charge in [-0.3, -0.25) is 15.2 Å². The highest BCUT2D eigenvalue weighted by molar-refractivity contribution is 5.93. The number of hydrogen-bond donors (Lipinski definition) is 3. The summed E-state index contributed by atoms with van der Waals surface area (Å²) >= 11 is 0. The molecule has 0 aliphatic carbocycles. The van der Waals surface area contributed by atoms with Crippen LogP contribution in [0.1, 0.15) is 43.1 Å². The number of hydrogen-bond acceptors (Lipinski definition) is 5. The fourth-order valence-corrected chi connectivity index (χ4v) is 1.55. The Labute approximate surface area is 129 Å². The second-order valence-electron chi connectivity index (χ2n) is 5.60. The van der Waals surface area contributed by atoms with Gasteiger partial charge in [-0.2, -0.15) is 0 Å². The average Bonchev–Trinajstić information content (AvgIpc) is 2.44. The van der Waals surface area contributed by atoms with Crippen LogP contribution in [0.25, 0.3) is 6.08 Å². The van der Waals surface area contributed by atoms with Crippen LogP contribution >= 0.6 is 0 Å². The Hall–Kier alpha value is -2.41. The fraction of sp³-hybridized carbons (Fsp3) is 0.400. The molecule has 0 aromatic carbocycles. The zero-order chi connectivity index (χ0) is 16.6. The molecule has 7 heteroatoms. The third-order valence-corrected chi connectivity index (χ3v) is 2.44. The highest BCUT2D eigenvalue weighted by Crippen LogP contribution is 2.07. The van der Waals surface area contributed by atoms with E-state index < -0.39 is 17.6 Å². The number of nitrogens with one attached hydrogen (secondary N) is 2. The number of nitrogens with zero attached hydrogens (tertiary/aromatic N) is 1. The van der Waals surface area contributed by atoms with E-state index in [4.69, 9.17) is 10.6 Å². The number of amides is 2. The molecule has 1 rings (SSSR count). The molecular formula is C15H22N4O3. The number of nitrogens with two attached hydrogens (primary N) is 1. The predicted octanol–water partition coefficient (Wildman–Crippen LogP) is 1.61. The van der Waals surface area contributed by atoms with Crippen molar-refractivity contribution in [1.82, 2.24) is 15.7 Å². The SMILES string of the molecule is CC(C)(C)OC(=O)NCCC=Cc1cncc(C(=O)NN)c1. The standard InChI is InChI=1S/C15H22N4O3/c1-15(2,3)22-14(21)18-7-5-4-6-11-8-12(10-17-9-11)13(20)19-16/h4,6,8-10H,5,7,16H2,1-3H3,(H,18,21)(H,19,20). The molecule has 7 nitrogen and oxygen atoms in total. The molecule has 1 heterocycles. The lowest BCUT2D eigenvalue weighted by atomic mass is 10.2. The monoisotopic (exact) mass is 306 g/mol. The van der Waals surface area contributed by atoms with Crippen LogP contribution < -0.4 is 16.6 Å². The normalized spacial score (nSPS) is 11.3. The van der Waals surface area contributed by atoms with Crippen LogP contribution in [0, 0.1) is 0 Å². The Kier molecular flexibility index (Phi) is 6.52. The number of aromatic nitrogens is 1. The number of nitrogen functional groups attached to an aromatic ring is 1. The van der Waals surface area contributed by atoms with E-state index >= 15 is 0 Å². The van der Waals surface area contributed by atoms with Crippen molar-refractivity contribution >= 4 is 18.1 Å². The number of rotatable bonds is 5. The van der Waals surface area contributed by atoms with Crippen LogP contribution in [-0.2, 0) is 4.74 Å². The van der Waals surface area contributed by atoms with Crippen molar-refractivity contribution in [3.05, 3.63) is 35.7 Å². The first kappa shape index (κ1) is 17.6. The topological polar surface area (TPSA) is 106 Å². The van der Waals surface area contributed by atoms with Crippen LogP contribution in [0.5, 0.6) is 0 Å². The Morgan fingerprint density at radius 3 is 2.73 bits per heavy atom. The molecule has 0 bridgehead atoms. The van der Waals surface area contributed by atoms with Gasteiger partial charge in [-0.05, 0) is 38.8 Å². The molecule has 0 fully saturated rings. The predicted molar refractivity (Wildman–Crippen MR) is 83.8 cm³/mol. The van der Waals surface area contributed by atoms with E-state index in [0.29, 0.717) is 18.5 Å². The van der Waals surface area contributed by atoms with E-state index in [-0.39, 0.29) is 0 Å². The van der Waals surface area contributed by atoms with Gasteiger partial charge in [0.05, 0.1) is 5.56 Å². The summed E-state index contributed by atoms with van der Waals surface area (Å²) in [5.74, 6) is 4.67. The van der Waals surface area contributed by atoms with Crippen molar-refractivity contribution in [2.45, 2.75) is 32.8 Å². The minimum atomic E-state index is -0.504. The first-order valence-corrected chi connectivity index (χ1v) is 6.91. The maximum atomic E-state index is 11.4.